The Bertz CT molecular complexity index is 1100. The lowest BCUT2D eigenvalue weighted by Gasteiger charge is -2.36. The number of hydrogen-bond acceptors (Lipinski definition) is 7. The van der Waals surface area contributed by atoms with Crippen molar-refractivity contribution in [1.82, 2.24) is 14.7 Å². The summed E-state index contributed by atoms with van der Waals surface area (Å²) in [5.74, 6) is 1.71. The zero-order valence-corrected chi connectivity index (χ0v) is 18.1. The largest absolute Gasteiger partial charge is 0.497 e. The molecule has 2 aromatic heterocycles. The van der Waals surface area contributed by atoms with Crippen molar-refractivity contribution in [3.8, 4) is 16.2 Å². The number of methoxy groups -OCH3 is 1. The Morgan fingerprint density at radius 1 is 1.24 bits per heavy atom. The van der Waals surface area contributed by atoms with Gasteiger partial charge in [0.2, 0.25) is 10.0 Å². The van der Waals surface area contributed by atoms with E-state index >= 15 is 0 Å². The van der Waals surface area contributed by atoms with Crippen molar-refractivity contribution in [2.45, 2.75) is 25.3 Å². The number of nitrogens with one attached hydrogen (secondary N) is 1. The van der Waals surface area contributed by atoms with E-state index in [0.717, 1.165) is 58.0 Å². The molecule has 1 N–H and O–H groups in total. The Morgan fingerprint density at radius 3 is 2.76 bits per heavy atom. The van der Waals surface area contributed by atoms with Gasteiger partial charge < -0.3 is 9.64 Å². The standard InChI is InChI=1S/C20H24N4O3S2/c1-27-16-8-6-14(7-9-16)18-11-17-19(28-18)20(22-13-21-17)24-10-4-3-5-15(24)12-23-29(2,25)26/h6-9,11,13,15,23H,3-5,10,12H2,1-2H3/t15-/m0/s1. The molecule has 0 saturated carbocycles. The molecule has 7 nitrogen and oxygen atoms in total. The molecule has 0 unspecified atom stereocenters. The number of anilines is 1. The summed E-state index contributed by atoms with van der Waals surface area (Å²) in [6.07, 6.45) is 5.88. The van der Waals surface area contributed by atoms with Gasteiger partial charge in [-0.05, 0) is 55.2 Å². The van der Waals surface area contributed by atoms with Gasteiger partial charge in [0.25, 0.3) is 0 Å². The highest BCUT2D eigenvalue weighted by atomic mass is 32.2. The number of thiophene rings is 1. The van der Waals surface area contributed by atoms with Gasteiger partial charge in [-0.2, -0.15) is 0 Å². The van der Waals surface area contributed by atoms with Crippen LogP contribution in [0.4, 0.5) is 5.82 Å². The van der Waals surface area contributed by atoms with Gasteiger partial charge >= 0.3 is 0 Å². The lowest BCUT2D eigenvalue weighted by molar-refractivity contribution is 0.415. The first-order valence-electron chi connectivity index (χ1n) is 9.55. The molecule has 0 spiro atoms. The Labute approximate surface area is 174 Å². The maximum Gasteiger partial charge on any atom is 0.208 e. The third kappa shape index (κ3) is 4.52. The molecule has 29 heavy (non-hydrogen) atoms. The molecular formula is C20H24N4O3S2. The monoisotopic (exact) mass is 432 g/mol. The van der Waals surface area contributed by atoms with Gasteiger partial charge in [0, 0.05) is 24.0 Å². The average Bonchev–Trinajstić information content (AvgIpc) is 3.16. The number of sulfonamides is 1. The molecule has 1 fully saturated rings. The van der Waals surface area contributed by atoms with Crippen molar-refractivity contribution >= 4 is 37.4 Å². The number of hydrogen-bond donors (Lipinski definition) is 1. The summed E-state index contributed by atoms with van der Waals surface area (Å²) in [6, 6.07) is 10.1. The fourth-order valence-electron chi connectivity index (χ4n) is 3.68. The normalized spacial score (nSPS) is 17.6. The summed E-state index contributed by atoms with van der Waals surface area (Å²) >= 11 is 1.66. The van der Waals surface area contributed by atoms with Crippen LogP contribution in [0.25, 0.3) is 20.7 Å². The number of ether oxygens (including phenoxy) is 1. The van der Waals surface area contributed by atoms with Crippen molar-refractivity contribution in [3.63, 3.8) is 0 Å². The van der Waals surface area contributed by atoms with Crippen LogP contribution in [-0.2, 0) is 10.0 Å². The van der Waals surface area contributed by atoms with E-state index in [9.17, 15) is 8.42 Å². The van der Waals surface area contributed by atoms with Crippen molar-refractivity contribution < 1.29 is 13.2 Å². The highest BCUT2D eigenvalue weighted by molar-refractivity contribution is 7.88. The molecule has 1 aromatic carbocycles. The maximum absolute atomic E-state index is 11.6. The molecule has 1 atom stereocenters. The third-order valence-corrected chi connectivity index (χ3v) is 7.01. The number of nitrogens with zero attached hydrogens (tertiary/aromatic N) is 3. The highest BCUT2D eigenvalue weighted by Crippen LogP contribution is 2.38. The summed E-state index contributed by atoms with van der Waals surface area (Å²) in [4.78, 5) is 12.4. The smallest absolute Gasteiger partial charge is 0.208 e. The quantitative estimate of drug-likeness (QED) is 0.644. The first-order valence-corrected chi connectivity index (χ1v) is 12.3. The molecule has 0 amide bonds. The van der Waals surface area contributed by atoms with E-state index in [4.69, 9.17) is 4.74 Å². The van der Waals surface area contributed by atoms with E-state index < -0.39 is 10.0 Å². The second-order valence-electron chi connectivity index (χ2n) is 7.21. The molecule has 0 aliphatic carbocycles. The van der Waals surface area contributed by atoms with E-state index in [1.807, 2.05) is 24.3 Å². The van der Waals surface area contributed by atoms with E-state index in [0.29, 0.717) is 6.54 Å². The zero-order chi connectivity index (χ0) is 20.4. The van der Waals surface area contributed by atoms with Crippen molar-refractivity contribution in [2.75, 3.05) is 31.4 Å². The van der Waals surface area contributed by atoms with Crippen LogP contribution in [-0.4, -0.2) is 50.9 Å². The maximum atomic E-state index is 11.6. The van der Waals surface area contributed by atoms with Crippen molar-refractivity contribution in [2.24, 2.45) is 0 Å². The van der Waals surface area contributed by atoms with Gasteiger partial charge in [0.1, 0.15) is 17.9 Å². The first kappa shape index (κ1) is 20.1. The van der Waals surface area contributed by atoms with Crippen LogP contribution in [0.3, 0.4) is 0 Å². The number of rotatable bonds is 6. The molecule has 3 aromatic rings. The fraction of sp³-hybridized carbons (Fsp3) is 0.400. The zero-order valence-electron chi connectivity index (χ0n) is 16.5. The lowest BCUT2D eigenvalue weighted by Crippen LogP contribution is -2.47. The third-order valence-electron chi connectivity index (χ3n) is 5.15. The Morgan fingerprint density at radius 2 is 2.03 bits per heavy atom. The Hall–Kier alpha value is -2.23. The van der Waals surface area contributed by atoms with Gasteiger partial charge in [0.15, 0.2) is 0 Å². The van der Waals surface area contributed by atoms with Crippen LogP contribution in [0.1, 0.15) is 19.3 Å². The second-order valence-corrected chi connectivity index (χ2v) is 10.1. The molecule has 1 aliphatic heterocycles. The van der Waals surface area contributed by atoms with Crippen molar-refractivity contribution in [1.29, 1.82) is 0 Å². The average molecular weight is 433 g/mol. The Balaban J connectivity index is 1.68. The summed E-state index contributed by atoms with van der Waals surface area (Å²) in [6.45, 7) is 1.25. The fourth-order valence-corrected chi connectivity index (χ4v) is 5.30. The van der Waals surface area contributed by atoms with Gasteiger partial charge in [-0.1, -0.05) is 0 Å². The van der Waals surface area contributed by atoms with Crippen LogP contribution >= 0.6 is 11.3 Å². The van der Waals surface area contributed by atoms with E-state index in [1.54, 1.807) is 24.8 Å². The minimum absolute atomic E-state index is 0.0862. The van der Waals surface area contributed by atoms with E-state index in [2.05, 4.69) is 25.7 Å². The van der Waals surface area contributed by atoms with Gasteiger partial charge in [-0.25, -0.2) is 23.1 Å². The van der Waals surface area contributed by atoms with Crippen LogP contribution in [0.5, 0.6) is 5.75 Å². The predicted octanol–water partition coefficient (Wildman–Crippen LogP) is 3.28. The second kappa shape index (κ2) is 8.25. The van der Waals surface area contributed by atoms with E-state index in [-0.39, 0.29) is 6.04 Å². The molecule has 0 radical (unpaired) electrons. The number of aromatic nitrogens is 2. The molecule has 4 rings (SSSR count). The Kier molecular flexibility index (Phi) is 5.71. The topological polar surface area (TPSA) is 84.4 Å². The minimum atomic E-state index is -3.23. The number of piperidine rings is 1. The summed E-state index contributed by atoms with van der Waals surface area (Å²) in [5.41, 5.74) is 2.01. The molecular weight excluding hydrogens is 408 g/mol. The SMILES string of the molecule is COc1ccc(-c2cc3ncnc(N4CCCC[C@H]4CNS(C)(=O)=O)c3s2)cc1. The summed E-state index contributed by atoms with van der Waals surface area (Å²) in [7, 11) is -1.57. The van der Waals surface area contributed by atoms with Gasteiger partial charge in [0.05, 0.1) is 23.6 Å². The van der Waals surface area contributed by atoms with Crippen LogP contribution in [0.15, 0.2) is 36.7 Å². The summed E-state index contributed by atoms with van der Waals surface area (Å²) < 4.78 is 32.1. The highest BCUT2D eigenvalue weighted by Gasteiger charge is 2.26. The van der Waals surface area contributed by atoms with E-state index in [1.165, 1.54) is 6.26 Å². The number of benzene rings is 1. The molecule has 0 bridgehead atoms. The van der Waals surface area contributed by atoms with Crippen molar-refractivity contribution in [3.05, 3.63) is 36.7 Å². The molecule has 154 valence electrons. The van der Waals surface area contributed by atoms with Crippen LogP contribution < -0.4 is 14.4 Å². The molecule has 9 heteroatoms. The van der Waals surface area contributed by atoms with Crippen LogP contribution in [0.2, 0.25) is 0 Å². The molecule has 1 aliphatic rings. The molecule has 3 heterocycles. The summed E-state index contributed by atoms with van der Waals surface area (Å²) in [5, 5.41) is 0. The molecule has 1 saturated heterocycles. The number of fused-ring (bicyclic) bond motifs is 1. The predicted molar refractivity (Wildman–Crippen MR) is 117 cm³/mol. The lowest BCUT2D eigenvalue weighted by atomic mass is 10.0. The first-order chi connectivity index (χ1) is 13.9. The van der Waals surface area contributed by atoms with Gasteiger partial charge in [-0.3, -0.25) is 0 Å². The minimum Gasteiger partial charge on any atom is -0.497 e. The van der Waals surface area contributed by atoms with Crippen LogP contribution in [0, 0.1) is 0 Å². The van der Waals surface area contributed by atoms with Gasteiger partial charge in [-0.15, -0.1) is 11.3 Å².